The molecule has 3 rings (SSSR count). The molecule has 7 nitrogen and oxygen atoms in total. The summed E-state index contributed by atoms with van der Waals surface area (Å²) in [6, 6.07) is 15.0. The van der Waals surface area contributed by atoms with Crippen LogP contribution in [-0.2, 0) is 14.8 Å². The van der Waals surface area contributed by atoms with E-state index < -0.39 is 16.1 Å². The number of nitrogens with one attached hydrogen (secondary N) is 1. The summed E-state index contributed by atoms with van der Waals surface area (Å²) in [7, 11) is -1.94. The number of carbonyl (C=O) groups is 1. The number of amides is 1. The highest BCUT2D eigenvalue weighted by Crippen LogP contribution is 2.19. The number of hydrogen-bond acceptors (Lipinski definition) is 4. The Morgan fingerprint density at radius 1 is 1.14 bits per heavy atom. The molecule has 1 fully saturated rings. The second-order valence-corrected chi connectivity index (χ2v) is 8.20. The van der Waals surface area contributed by atoms with Crippen molar-refractivity contribution in [1.29, 1.82) is 0 Å². The third-order valence-electron chi connectivity index (χ3n) is 4.41. The van der Waals surface area contributed by atoms with Gasteiger partial charge in [0, 0.05) is 25.7 Å². The smallest absolute Gasteiger partial charge is 0.283 e. The zero-order valence-electron chi connectivity index (χ0n) is 15.8. The SMILES string of the molecule is CC(Oc1ccccc1)C(=O)Nc1ccc(S(=O)(=O)/N=C2/CCCN2C)cc1. The first kappa shape index (κ1) is 19.9. The van der Waals surface area contributed by atoms with E-state index in [0.29, 0.717) is 23.7 Å². The summed E-state index contributed by atoms with van der Waals surface area (Å²) in [5, 5.41) is 2.72. The molecule has 1 heterocycles. The van der Waals surface area contributed by atoms with Gasteiger partial charge in [-0.1, -0.05) is 18.2 Å². The number of hydrogen-bond donors (Lipinski definition) is 1. The normalized spacial score (nSPS) is 16.8. The average molecular weight is 401 g/mol. The van der Waals surface area contributed by atoms with Gasteiger partial charge in [-0.25, -0.2) is 0 Å². The van der Waals surface area contributed by atoms with Gasteiger partial charge in [-0.15, -0.1) is 4.40 Å². The highest BCUT2D eigenvalue weighted by Gasteiger charge is 2.20. The fraction of sp³-hybridized carbons (Fsp3) is 0.300. The average Bonchev–Trinajstić information content (AvgIpc) is 3.07. The Balaban J connectivity index is 1.64. The van der Waals surface area contributed by atoms with Crippen molar-refractivity contribution in [2.24, 2.45) is 4.40 Å². The molecule has 0 spiro atoms. The summed E-state index contributed by atoms with van der Waals surface area (Å²) < 4.78 is 34.4. The van der Waals surface area contributed by atoms with E-state index in [2.05, 4.69) is 9.71 Å². The lowest BCUT2D eigenvalue weighted by Gasteiger charge is -2.15. The van der Waals surface area contributed by atoms with E-state index in [9.17, 15) is 13.2 Å². The topological polar surface area (TPSA) is 88.1 Å². The Labute approximate surface area is 165 Å². The minimum absolute atomic E-state index is 0.0897. The van der Waals surface area contributed by atoms with Crippen molar-refractivity contribution in [3.05, 3.63) is 54.6 Å². The third kappa shape index (κ3) is 4.89. The van der Waals surface area contributed by atoms with Crippen LogP contribution in [-0.4, -0.2) is 44.8 Å². The molecule has 2 aromatic carbocycles. The number of ether oxygens (including phenoxy) is 1. The number of benzene rings is 2. The van der Waals surface area contributed by atoms with Gasteiger partial charge in [-0.2, -0.15) is 8.42 Å². The molecule has 1 unspecified atom stereocenters. The van der Waals surface area contributed by atoms with Crippen LogP contribution in [0.2, 0.25) is 0 Å². The summed E-state index contributed by atoms with van der Waals surface area (Å²) in [5.41, 5.74) is 0.484. The largest absolute Gasteiger partial charge is 0.481 e. The minimum Gasteiger partial charge on any atom is -0.481 e. The first-order valence-electron chi connectivity index (χ1n) is 9.03. The molecule has 1 saturated heterocycles. The fourth-order valence-corrected chi connectivity index (χ4v) is 3.91. The fourth-order valence-electron chi connectivity index (χ4n) is 2.81. The molecule has 28 heavy (non-hydrogen) atoms. The molecular formula is C20H23N3O4S. The molecule has 1 aliphatic rings. The van der Waals surface area contributed by atoms with Crippen LogP contribution in [0.15, 0.2) is 63.9 Å². The lowest BCUT2D eigenvalue weighted by molar-refractivity contribution is -0.122. The maximum absolute atomic E-state index is 12.5. The maximum atomic E-state index is 12.5. The maximum Gasteiger partial charge on any atom is 0.283 e. The first-order chi connectivity index (χ1) is 13.3. The molecule has 1 aliphatic heterocycles. The van der Waals surface area contributed by atoms with Gasteiger partial charge in [0.25, 0.3) is 15.9 Å². The van der Waals surface area contributed by atoms with Crippen LogP contribution < -0.4 is 10.1 Å². The van der Waals surface area contributed by atoms with Crippen LogP contribution in [0.5, 0.6) is 5.75 Å². The molecule has 0 saturated carbocycles. The highest BCUT2D eigenvalue weighted by molar-refractivity contribution is 7.90. The summed E-state index contributed by atoms with van der Waals surface area (Å²) in [4.78, 5) is 14.2. The summed E-state index contributed by atoms with van der Waals surface area (Å²) in [6.07, 6.45) is 0.859. The minimum atomic E-state index is -3.77. The van der Waals surface area contributed by atoms with Gasteiger partial charge >= 0.3 is 0 Å². The molecule has 0 aliphatic carbocycles. The van der Waals surface area contributed by atoms with E-state index in [1.807, 2.05) is 30.1 Å². The van der Waals surface area contributed by atoms with Crippen molar-refractivity contribution in [2.45, 2.75) is 30.8 Å². The van der Waals surface area contributed by atoms with Gasteiger partial charge in [0.15, 0.2) is 6.10 Å². The Hall–Kier alpha value is -2.87. The molecule has 1 atom stereocenters. The van der Waals surface area contributed by atoms with Crippen molar-refractivity contribution in [3.8, 4) is 5.75 Å². The van der Waals surface area contributed by atoms with Crippen LogP contribution in [0.25, 0.3) is 0 Å². The van der Waals surface area contributed by atoms with E-state index in [1.165, 1.54) is 12.1 Å². The number of amidine groups is 1. The van der Waals surface area contributed by atoms with Gasteiger partial charge in [0.1, 0.15) is 11.6 Å². The van der Waals surface area contributed by atoms with E-state index in [4.69, 9.17) is 4.74 Å². The summed E-state index contributed by atoms with van der Waals surface area (Å²) in [6.45, 7) is 2.46. The summed E-state index contributed by atoms with van der Waals surface area (Å²) in [5.74, 6) is 0.846. The molecular weight excluding hydrogens is 378 g/mol. The van der Waals surface area contributed by atoms with Crippen molar-refractivity contribution in [1.82, 2.24) is 4.90 Å². The number of para-hydroxylation sites is 1. The Kier molecular flexibility index (Phi) is 5.99. The highest BCUT2D eigenvalue weighted by atomic mass is 32.2. The quantitative estimate of drug-likeness (QED) is 0.804. The van der Waals surface area contributed by atoms with Crippen molar-refractivity contribution in [3.63, 3.8) is 0 Å². The predicted octanol–water partition coefficient (Wildman–Crippen LogP) is 2.91. The van der Waals surface area contributed by atoms with Crippen molar-refractivity contribution in [2.75, 3.05) is 18.9 Å². The predicted molar refractivity (Wildman–Crippen MR) is 108 cm³/mol. The Morgan fingerprint density at radius 2 is 1.82 bits per heavy atom. The number of carbonyl (C=O) groups excluding carboxylic acids is 1. The number of rotatable bonds is 6. The van der Waals surface area contributed by atoms with Gasteiger partial charge in [-0.05, 0) is 49.7 Å². The Bertz CT molecular complexity index is 957. The Morgan fingerprint density at radius 3 is 2.43 bits per heavy atom. The number of nitrogens with zero attached hydrogens (tertiary/aromatic N) is 2. The van der Waals surface area contributed by atoms with E-state index in [-0.39, 0.29) is 10.8 Å². The van der Waals surface area contributed by atoms with Gasteiger partial charge < -0.3 is 15.0 Å². The zero-order valence-corrected chi connectivity index (χ0v) is 16.6. The van der Waals surface area contributed by atoms with E-state index in [0.717, 1.165) is 13.0 Å². The van der Waals surface area contributed by atoms with E-state index in [1.54, 1.807) is 31.2 Å². The van der Waals surface area contributed by atoms with Crippen LogP contribution in [0.1, 0.15) is 19.8 Å². The number of anilines is 1. The molecule has 148 valence electrons. The van der Waals surface area contributed by atoms with E-state index >= 15 is 0 Å². The van der Waals surface area contributed by atoms with Gasteiger partial charge in [0.2, 0.25) is 0 Å². The molecule has 1 amide bonds. The zero-order chi connectivity index (χ0) is 20.1. The third-order valence-corrected chi connectivity index (χ3v) is 5.72. The monoisotopic (exact) mass is 401 g/mol. The molecule has 0 radical (unpaired) electrons. The van der Waals surface area contributed by atoms with Crippen LogP contribution in [0.3, 0.4) is 0 Å². The number of sulfonamides is 1. The van der Waals surface area contributed by atoms with Crippen LogP contribution in [0, 0.1) is 0 Å². The van der Waals surface area contributed by atoms with Gasteiger partial charge in [-0.3, -0.25) is 4.79 Å². The second kappa shape index (κ2) is 8.43. The lowest BCUT2D eigenvalue weighted by Crippen LogP contribution is -2.30. The first-order valence-corrected chi connectivity index (χ1v) is 10.5. The molecule has 0 aromatic heterocycles. The second-order valence-electron chi connectivity index (χ2n) is 6.59. The van der Waals surface area contributed by atoms with Crippen LogP contribution in [0.4, 0.5) is 5.69 Å². The number of likely N-dealkylation sites (tertiary alicyclic amines) is 1. The molecule has 2 aromatic rings. The molecule has 1 N–H and O–H groups in total. The van der Waals surface area contributed by atoms with Crippen LogP contribution >= 0.6 is 0 Å². The van der Waals surface area contributed by atoms with Gasteiger partial charge in [0.05, 0.1) is 4.90 Å². The van der Waals surface area contributed by atoms with Crippen molar-refractivity contribution < 1.29 is 17.9 Å². The van der Waals surface area contributed by atoms with Crippen molar-refractivity contribution >= 4 is 27.5 Å². The molecule has 0 bridgehead atoms. The molecule has 8 heteroatoms. The summed E-state index contributed by atoms with van der Waals surface area (Å²) >= 11 is 0. The standard InChI is InChI=1S/C20H23N3O4S/c1-15(27-17-7-4-3-5-8-17)20(24)21-16-10-12-18(13-11-16)28(25,26)22-19-9-6-14-23(19)2/h3-5,7-8,10-13,15H,6,9,14H2,1-2H3,(H,21,24)/b22-19-. The lowest BCUT2D eigenvalue weighted by atomic mass is 10.3.